The fourth-order valence-corrected chi connectivity index (χ4v) is 3.40. The summed E-state index contributed by atoms with van der Waals surface area (Å²) < 4.78 is 0. The van der Waals surface area contributed by atoms with E-state index in [0.717, 1.165) is 24.5 Å². The van der Waals surface area contributed by atoms with Gasteiger partial charge in [-0.2, -0.15) is 0 Å². The lowest BCUT2D eigenvalue weighted by Gasteiger charge is -2.36. The normalized spacial score (nSPS) is 16.9. The van der Waals surface area contributed by atoms with Crippen molar-refractivity contribution in [3.05, 3.63) is 36.0 Å². The Balaban J connectivity index is 1.92. The summed E-state index contributed by atoms with van der Waals surface area (Å²) in [6.07, 6.45) is 4.32. The van der Waals surface area contributed by atoms with E-state index in [1.54, 1.807) is 0 Å². The fourth-order valence-electron chi connectivity index (χ4n) is 3.19. The molecule has 1 aromatic carbocycles. The van der Waals surface area contributed by atoms with Crippen molar-refractivity contribution in [2.24, 2.45) is 0 Å². The zero-order valence-corrected chi connectivity index (χ0v) is 13.5. The molecule has 1 aromatic heterocycles. The molecule has 0 amide bonds. The van der Waals surface area contributed by atoms with Crippen molar-refractivity contribution in [2.45, 2.75) is 24.8 Å². The maximum absolute atomic E-state index is 6.04. The molecule has 2 aromatic rings. The number of anilines is 1. The maximum atomic E-state index is 6.04. The molecule has 1 aliphatic heterocycles. The summed E-state index contributed by atoms with van der Waals surface area (Å²) in [7, 11) is 4.34. The largest absolute Gasteiger partial charge is 0.356 e. The summed E-state index contributed by atoms with van der Waals surface area (Å²) in [6, 6.07) is 9.14. The first-order chi connectivity index (χ1) is 10.2. The number of rotatable bonds is 3. The number of piperidine rings is 1. The van der Waals surface area contributed by atoms with Crippen LogP contribution in [0, 0.1) is 0 Å². The fraction of sp³-hybridized carbons (Fsp3) is 0.471. The van der Waals surface area contributed by atoms with E-state index >= 15 is 0 Å². The van der Waals surface area contributed by atoms with Crippen molar-refractivity contribution in [1.82, 2.24) is 9.88 Å². The molecule has 2 heterocycles. The van der Waals surface area contributed by atoms with E-state index in [9.17, 15) is 0 Å². The molecule has 0 aliphatic carbocycles. The molecule has 0 unspecified atom stereocenters. The van der Waals surface area contributed by atoms with Crippen LogP contribution in [0.3, 0.4) is 0 Å². The van der Waals surface area contributed by atoms with Crippen molar-refractivity contribution in [3.63, 3.8) is 0 Å². The van der Waals surface area contributed by atoms with E-state index in [-0.39, 0.29) is 0 Å². The van der Waals surface area contributed by atoms with Crippen LogP contribution >= 0.6 is 11.6 Å². The van der Waals surface area contributed by atoms with E-state index in [4.69, 9.17) is 16.6 Å². The average Bonchev–Trinajstić information content (AvgIpc) is 2.54. The number of nitrogens with zero attached hydrogens (tertiary/aromatic N) is 3. The van der Waals surface area contributed by atoms with Gasteiger partial charge in [-0.3, -0.25) is 0 Å². The van der Waals surface area contributed by atoms with Crippen molar-refractivity contribution in [3.8, 4) is 0 Å². The Morgan fingerprint density at radius 3 is 2.48 bits per heavy atom. The van der Waals surface area contributed by atoms with E-state index in [1.165, 1.54) is 23.6 Å². The van der Waals surface area contributed by atoms with Crippen LogP contribution in [0.1, 0.15) is 18.4 Å². The standard InChI is InChI=1S/C17H22ClN3/c1-20(2)14-7-9-21(10-8-14)17-16-6-4-3-5-15(16)13(11-18)12-19-17/h3-6,12,14H,7-11H2,1-2H3. The third kappa shape index (κ3) is 2.85. The molecule has 0 saturated carbocycles. The Morgan fingerprint density at radius 1 is 1.19 bits per heavy atom. The van der Waals surface area contributed by atoms with Crippen molar-refractivity contribution in [2.75, 3.05) is 32.1 Å². The molecule has 3 rings (SSSR count). The van der Waals surface area contributed by atoms with E-state index in [1.807, 2.05) is 6.20 Å². The van der Waals surface area contributed by atoms with Gasteiger partial charge in [0.2, 0.25) is 0 Å². The third-order valence-corrected chi connectivity index (χ3v) is 4.78. The Hall–Kier alpha value is -1.32. The highest BCUT2D eigenvalue weighted by molar-refractivity contribution is 6.18. The van der Waals surface area contributed by atoms with Crippen LogP contribution < -0.4 is 4.90 Å². The minimum Gasteiger partial charge on any atom is -0.356 e. The number of halogens is 1. The molecule has 112 valence electrons. The number of fused-ring (bicyclic) bond motifs is 1. The second-order valence-electron chi connectivity index (χ2n) is 5.97. The molecule has 0 bridgehead atoms. The highest BCUT2D eigenvalue weighted by Crippen LogP contribution is 2.30. The second-order valence-corrected chi connectivity index (χ2v) is 6.24. The smallest absolute Gasteiger partial charge is 0.136 e. The highest BCUT2D eigenvalue weighted by Gasteiger charge is 2.22. The molecule has 1 fully saturated rings. The molecule has 1 aliphatic rings. The molecule has 0 N–H and O–H groups in total. The van der Waals surface area contributed by atoms with Crippen LogP contribution in [0.25, 0.3) is 10.8 Å². The van der Waals surface area contributed by atoms with Crippen molar-refractivity contribution < 1.29 is 0 Å². The number of hydrogen-bond donors (Lipinski definition) is 0. The highest BCUT2D eigenvalue weighted by atomic mass is 35.5. The summed E-state index contributed by atoms with van der Waals surface area (Å²) in [5, 5.41) is 2.45. The molecule has 4 heteroatoms. The summed E-state index contributed by atoms with van der Waals surface area (Å²) in [5.74, 6) is 1.62. The number of pyridine rings is 1. The summed E-state index contributed by atoms with van der Waals surface area (Å²) in [6.45, 7) is 2.14. The van der Waals surface area contributed by atoms with Crippen LogP contribution in [-0.4, -0.2) is 43.1 Å². The summed E-state index contributed by atoms with van der Waals surface area (Å²) in [5.41, 5.74) is 1.11. The van der Waals surface area contributed by atoms with Gasteiger partial charge >= 0.3 is 0 Å². The lowest BCUT2D eigenvalue weighted by molar-refractivity contribution is 0.249. The van der Waals surface area contributed by atoms with E-state index in [2.05, 4.69) is 48.2 Å². The quantitative estimate of drug-likeness (QED) is 0.809. The van der Waals surface area contributed by atoms with Gasteiger partial charge in [0, 0.05) is 36.6 Å². The molecule has 0 atom stereocenters. The zero-order valence-electron chi connectivity index (χ0n) is 12.7. The SMILES string of the molecule is CN(C)C1CCN(c2ncc(CCl)c3ccccc23)CC1. The maximum Gasteiger partial charge on any atom is 0.136 e. The van der Waals surface area contributed by atoms with Crippen LogP contribution in [0.4, 0.5) is 5.82 Å². The van der Waals surface area contributed by atoms with Gasteiger partial charge < -0.3 is 9.80 Å². The lowest BCUT2D eigenvalue weighted by Crippen LogP contribution is -2.42. The van der Waals surface area contributed by atoms with Gasteiger partial charge in [-0.05, 0) is 37.9 Å². The van der Waals surface area contributed by atoms with Crippen molar-refractivity contribution >= 4 is 28.2 Å². The Bertz CT molecular complexity index is 618. The second kappa shape index (κ2) is 6.20. The third-order valence-electron chi connectivity index (χ3n) is 4.49. The Kier molecular flexibility index (Phi) is 4.32. The van der Waals surface area contributed by atoms with Crippen LogP contribution in [-0.2, 0) is 5.88 Å². The van der Waals surface area contributed by atoms with Crippen LogP contribution in [0.15, 0.2) is 30.5 Å². The molecule has 21 heavy (non-hydrogen) atoms. The predicted molar refractivity (Wildman–Crippen MR) is 90.2 cm³/mol. The first-order valence-corrected chi connectivity index (χ1v) is 8.08. The minimum absolute atomic E-state index is 0.510. The van der Waals surface area contributed by atoms with Gasteiger partial charge in [-0.15, -0.1) is 11.6 Å². The molecule has 0 radical (unpaired) electrons. The predicted octanol–water partition coefficient (Wildman–Crippen LogP) is 3.50. The molecule has 1 saturated heterocycles. The van der Waals surface area contributed by atoms with Crippen LogP contribution in [0.2, 0.25) is 0 Å². The number of benzene rings is 1. The topological polar surface area (TPSA) is 19.4 Å². The average molecular weight is 304 g/mol. The Labute approximate surface area is 131 Å². The van der Waals surface area contributed by atoms with Gasteiger partial charge in [0.05, 0.1) is 0 Å². The van der Waals surface area contributed by atoms with Crippen molar-refractivity contribution in [1.29, 1.82) is 0 Å². The zero-order chi connectivity index (χ0) is 14.8. The number of aromatic nitrogens is 1. The molecule has 0 spiro atoms. The Morgan fingerprint density at radius 2 is 1.86 bits per heavy atom. The van der Waals surface area contributed by atoms with Gasteiger partial charge in [0.1, 0.15) is 5.82 Å². The number of hydrogen-bond acceptors (Lipinski definition) is 3. The van der Waals surface area contributed by atoms with E-state index < -0.39 is 0 Å². The summed E-state index contributed by atoms with van der Waals surface area (Å²) >= 11 is 6.04. The van der Waals surface area contributed by atoms with Gasteiger partial charge in [-0.1, -0.05) is 24.3 Å². The first kappa shape index (κ1) is 14.6. The molecular formula is C17H22ClN3. The van der Waals surface area contributed by atoms with Gasteiger partial charge in [0.25, 0.3) is 0 Å². The molecular weight excluding hydrogens is 282 g/mol. The van der Waals surface area contributed by atoms with Gasteiger partial charge in [-0.25, -0.2) is 4.98 Å². The minimum atomic E-state index is 0.510. The van der Waals surface area contributed by atoms with Crippen LogP contribution in [0.5, 0.6) is 0 Å². The van der Waals surface area contributed by atoms with E-state index in [0.29, 0.717) is 11.9 Å². The number of alkyl halides is 1. The lowest BCUT2D eigenvalue weighted by atomic mass is 10.0. The monoisotopic (exact) mass is 303 g/mol. The summed E-state index contributed by atoms with van der Waals surface area (Å²) in [4.78, 5) is 9.45. The van der Waals surface area contributed by atoms with Gasteiger partial charge in [0.15, 0.2) is 0 Å². The molecule has 3 nitrogen and oxygen atoms in total. The first-order valence-electron chi connectivity index (χ1n) is 7.54.